The minimum absolute atomic E-state index is 0.378. The Morgan fingerprint density at radius 2 is 1.83 bits per heavy atom. The van der Waals surface area contributed by atoms with Crippen LogP contribution in [0.5, 0.6) is 0 Å². The van der Waals surface area contributed by atoms with Gasteiger partial charge in [0.05, 0.1) is 16.6 Å². The van der Waals surface area contributed by atoms with Crippen molar-refractivity contribution in [2.24, 2.45) is 0 Å². The first-order valence-electron chi connectivity index (χ1n) is 7.38. The number of aromatic amines is 1. The molecular weight excluding hydrogens is 303 g/mol. The third kappa shape index (κ3) is 3.31. The number of halogens is 3. The van der Waals surface area contributed by atoms with E-state index in [4.69, 9.17) is 0 Å². The van der Waals surface area contributed by atoms with Crippen LogP contribution in [0.25, 0.3) is 22.4 Å². The second-order valence-electron chi connectivity index (χ2n) is 5.32. The molecule has 0 aliphatic carbocycles. The summed E-state index contributed by atoms with van der Waals surface area (Å²) >= 11 is 0. The van der Waals surface area contributed by atoms with Gasteiger partial charge in [0, 0.05) is 17.8 Å². The summed E-state index contributed by atoms with van der Waals surface area (Å²) in [5.41, 5.74) is 2.05. The number of fused-ring (bicyclic) bond motifs is 1. The Balaban J connectivity index is 1.91. The van der Waals surface area contributed by atoms with Gasteiger partial charge in [0.25, 0.3) is 0 Å². The van der Waals surface area contributed by atoms with Crippen molar-refractivity contribution in [2.75, 3.05) is 11.9 Å². The lowest BCUT2D eigenvalue weighted by Crippen LogP contribution is -2.04. The smallest absolute Gasteiger partial charge is 0.385 e. The highest BCUT2D eigenvalue weighted by atomic mass is 19.4. The van der Waals surface area contributed by atoms with Gasteiger partial charge in [-0.1, -0.05) is 6.92 Å². The van der Waals surface area contributed by atoms with Crippen LogP contribution in [0.3, 0.4) is 0 Å². The lowest BCUT2D eigenvalue weighted by atomic mass is 10.2. The topological polar surface area (TPSA) is 40.7 Å². The van der Waals surface area contributed by atoms with Crippen LogP contribution in [0.4, 0.5) is 18.9 Å². The zero-order valence-electron chi connectivity index (χ0n) is 12.5. The van der Waals surface area contributed by atoms with E-state index in [2.05, 4.69) is 22.2 Å². The average molecular weight is 319 g/mol. The minimum Gasteiger partial charge on any atom is -0.385 e. The van der Waals surface area contributed by atoms with Crippen LogP contribution < -0.4 is 5.32 Å². The molecule has 3 rings (SSSR count). The summed E-state index contributed by atoms with van der Waals surface area (Å²) in [5.74, 6) is 0.557. The molecule has 0 spiro atoms. The van der Waals surface area contributed by atoms with Crippen molar-refractivity contribution in [3.05, 3.63) is 48.0 Å². The summed E-state index contributed by atoms with van der Waals surface area (Å²) in [6.45, 7) is 2.98. The predicted molar refractivity (Wildman–Crippen MR) is 85.3 cm³/mol. The van der Waals surface area contributed by atoms with E-state index in [1.807, 2.05) is 24.3 Å². The third-order valence-electron chi connectivity index (χ3n) is 3.55. The fourth-order valence-corrected chi connectivity index (χ4v) is 2.34. The van der Waals surface area contributed by atoms with E-state index in [0.29, 0.717) is 16.9 Å². The van der Waals surface area contributed by atoms with Gasteiger partial charge in [-0.3, -0.25) is 0 Å². The van der Waals surface area contributed by atoms with Crippen LogP contribution >= 0.6 is 0 Å². The van der Waals surface area contributed by atoms with Crippen molar-refractivity contribution in [1.29, 1.82) is 0 Å². The first-order chi connectivity index (χ1) is 11.0. The molecule has 0 fully saturated rings. The summed E-state index contributed by atoms with van der Waals surface area (Å²) in [7, 11) is 0. The molecule has 0 bridgehead atoms. The van der Waals surface area contributed by atoms with Crippen molar-refractivity contribution in [3.8, 4) is 11.4 Å². The molecule has 2 aromatic carbocycles. The number of H-pyrrole nitrogens is 1. The Morgan fingerprint density at radius 1 is 1.09 bits per heavy atom. The van der Waals surface area contributed by atoms with E-state index in [1.165, 1.54) is 6.07 Å². The number of alkyl halides is 3. The van der Waals surface area contributed by atoms with Crippen molar-refractivity contribution in [3.63, 3.8) is 0 Å². The van der Waals surface area contributed by atoms with Crippen LogP contribution in [0.2, 0.25) is 0 Å². The lowest BCUT2D eigenvalue weighted by molar-refractivity contribution is -0.137. The van der Waals surface area contributed by atoms with Crippen LogP contribution in [-0.4, -0.2) is 16.5 Å². The molecule has 6 heteroatoms. The van der Waals surface area contributed by atoms with Gasteiger partial charge in [-0.05, 0) is 48.9 Å². The number of nitrogens with zero attached hydrogens (tertiary/aromatic N) is 1. The number of imidazole rings is 1. The second-order valence-corrected chi connectivity index (χ2v) is 5.32. The fourth-order valence-electron chi connectivity index (χ4n) is 2.34. The molecule has 0 radical (unpaired) electrons. The molecule has 0 atom stereocenters. The molecule has 23 heavy (non-hydrogen) atoms. The van der Waals surface area contributed by atoms with Crippen molar-refractivity contribution >= 4 is 16.7 Å². The Labute approximate surface area is 131 Å². The Hall–Kier alpha value is -2.50. The molecule has 0 unspecified atom stereocenters. The van der Waals surface area contributed by atoms with Crippen molar-refractivity contribution in [1.82, 2.24) is 9.97 Å². The molecule has 0 saturated heterocycles. The Kier molecular flexibility index (Phi) is 3.98. The third-order valence-corrected chi connectivity index (χ3v) is 3.55. The molecule has 120 valence electrons. The predicted octanol–water partition coefficient (Wildman–Crippen LogP) is 5.07. The van der Waals surface area contributed by atoms with Gasteiger partial charge in [-0.25, -0.2) is 4.98 Å². The van der Waals surface area contributed by atoms with Crippen molar-refractivity contribution < 1.29 is 13.2 Å². The molecule has 0 aliphatic heterocycles. The van der Waals surface area contributed by atoms with Crippen LogP contribution in [0.1, 0.15) is 18.9 Å². The Bertz CT molecular complexity index is 804. The maximum Gasteiger partial charge on any atom is 0.416 e. The van der Waals surface area contributed by atoms with E-state index in [9.17, 15) is 13.2 Å². The molecule has 1 aromatic heterocycles. The van der Waals surface area contributed by atoms with Gasteiger partial charge in [0.15, 0.2) is 0 Å². The zero-order chi connectivity index (χ0) is 16.4. The van der Waals surface area contributed by atoms with Gasteiger partial charge in [-0.2, -0.15) is 13.2 Å². The maximum absolute atomic E-state index is 12.8. The molecular formula is C17H16F3N3. The van der Waals surface area contributed by atoms with E-state index >= 15 is 0 Å². The molecule has 3 nitrogen and oxygen atoms in total. The molecule has 0 amide bonds. The SMILES string of the molecule is CCCNc1ccc(-c2nc3ccc(C(F)(F)F)cc3[nH]2)cc1. The highest BCUT2D eigenvalue weighted by Crippen LogP contribution is 2.31. The number of rotatable bonds is 4. The highest BCUT2D eigenvalue weighted by molar-refractivity contribution is 5.80. The first-order valence-corrected chi connectivity index (χ1v) is 7.38. The summed E-state index contributed by atoms with van der Waals surface area (Å²) in [5, 5.41) is 3.27. The number of anilines is 1. The van der Waals surface area contributed by atoms with Crippen LogP contribution in [0, 0.1) is 0 Å². The normalized spacial score (nSPS) is 11.8. The molecule has 3 aromatic rings. The van der Waals surface area contributed by atoms with E-state index in [-0.39, 0.29) is 0 Å². The largest absolute Gasteiger partial charge is 0.416 e. The number of aromatic nitrogens is 2. The first kappa shape index (κ1) is 15.4. The Morgan fingerprint density at radius 3 is 2.48 bits per heavy atom. The minimum atomic E-state index is -4.36. The number of hydrogen-bond donors (Lipinski definition) is 2. The average Bonchev–Trinajstić information content (AvgIpc) is 2.95. The van der Waals surface area contributed by atoms with Gasteiger partial charge >= 0.3 is 6.18 Å². The number of benzene rings is 2. The summed E-state index contributed by atoms with van der Waals surface area (Å²) < 4.78 is 38.3. The number of nitrogens with one attached hydrogen (secondary N) is 2. The molecule has 2 N–H and O–H groups in total. The summed E-state index contributed by atoms with van der Waals surface area (Å²) in [6, 6.07) is 11.2. The fraction of sp³-hybridized carbons (Fsp3) is 0.235. The number of hydrogen-bond acceptors (Lipinski definition) is 2. The van der Waals surface area contributed by atoms with Gasteiger partial charge < -0.3 is 10.3 Å². The standard InChI is InChI=1S/C17H16F3N3/c1-2-9-21-13-6-3-11(4-7-13)16-22-14-8-5-12(17(18,19)20)10-15(14)23-16/h3-8,10,21H,2,9H2,1H3,(H,22,23). The highest BCUT2D eigenvalue weighted by Gasteiger charge is 2.30. The van der Waals surface area contributed by atoms with Crippen molar-refractivity contribution in [2.45, 2.75) is 19.5 Å². The molecule has 0 aliphatic rings. The van der Waals surface area contributed by atoms with Gasteiger partial charge in [-0.15, -0.1) is 0 Å². The zero-order valence-corrected chi connectivity index (χ0v) is 12.5. The van der Waals surface area contributed by atoms with Gasteiger partial charge in [0.2, 0.25) is 0 Å². The lowest BCUT2D eigenvalue weighted by Gasteiger charge is -2.05. The maximum atomic E-state index is 12.8. The summed E-state index contributed by atoms with van der Waals surface area (Å²) in [4.78, 5) is 7.31. The van der Waals surface area contributed by atoms with E-state index in [0.717, 1.165) is 36.3 Å². The molecule has 0 saturated carbocycles. The van der Waals surface area contributed by atoms with E-state index < -0.39 is 11.7 Å². The van der Waals surface area contributed by atoms with E-state index in [1.54, 1.807) is 0 Å². The second kappa shape index (κ2) is 5.95. The van der Waals surface area contributed by atoms with Crippen LogP contribution in [-0.2, 0) is 6.18 Å². The quantitative estimate of drug-likeness (QED) is 0.705. The van der Waals surface area contributed by atoms with Gasteiger partial charge in [0.1, 0.15) is 5.82 Å². The van der Waals surface area contributed by atoms with Crippen LogP contribution in [0.15, 0.2) is 42.5 Å². The molecule has 1 heterocycles. The summed E-state index contributed by atoms with van der Waals surface area (Å²) in [6.07, 6.45) is -3.32. The monoisotopic (exact) mass is 319 g/mol.